The number of nitrogens with zero attached hydrogens (tertiary/aromatic N) is 2. The van der Waals surface area contributed by atoms with Crippen LogP contribution in [0.3, 0.4) is 0 Å². The normalized spacial score (nSPS) is 10.1. The first-order valence-corrected chi connectivity index (χ1v) is 4.91. The van der Waals surface area contributed by atoms with Gasteiger partial charge in [0.25, 0.3) is 11.2 Å². The lowest BCUT2D eigenvalue weighted by atomic mass is 10.2. The summed E-state index contributed by atoms with van der Waals surface area (Å²) in [6, 6.07) is 2.22. The van der Waals surface area contributed by atoms with Gasteiger partial charge in [-0.15, -0.1) is 0 Å². The van der Waals surface area contributed by atoms with E-state index in [2.05, 4.69) is 0 Å². The lowest BCUT2D eigenvalue weighted by Gasteiger charge is -2.03. The van der Waals surface area contributed by atoms with E-state index in [-0.39, 0.29) is 18.0 Å². The van der Waals surface area contributed by atoms with Gasteiger partial charge in [-0.2, -0.15) is 0 Å². The molecule has 0 aliphatic carbocycles. The summed E-state index contributed by atoms with van der Waals surface area (Å²) in [6.07, 6.45) is 2.16. The molecule has 0 saturated carbocycles. The molecule has 6 heteroatoms. The Balaban J connectivity index is 2.94. The number of hydrogen-bond donors (Lipinski definition) is 0. The van der Waals surface area contributed by atoms with Crippen molar-refractivity contribution in [3.8, 4) is 0 Å². The Morgan fingerprint density at radius 2 is 2.19 bits per heavy atom. The maximum atomic E-state index is 11.3. The second kappa shape index (κ2) is 5.20. The van der Waals surface area contributed by atoms with Gasteiger partial charge >= 0.3 is 0 Å². The van der Waals surface area contributed by atoms with E-state index in [4.69, 9.17) is 0 Å². The van der Waals surface area contributed by atoms with Crippen molar-refractivity contribution in [3.63, 3.8) is 0 Å². The zero-order chi connectivity index (χ0) is 12.1. The van der Waals surface area contributed by atoms with Crippen molar-refractivity contribution in [1.82, 2.24) is 4.57 Å². The van der Waals surface area contributed by atoms with Crippen molar-refractivity contribution < 1.29 is 9.72 Å². The van der Waals surface area contributed by atoms with Crippen LogP contribution in [0.1, 0.15) is 19.8 Å². The van der Waals surface area contributed by atoms with Gasteiger partial charge in [0.05, 0.1) is 17.7 Å². The zero-order valence-electron chi connectivity index (χ0n) is 8.88. The molecule has 6 nitrogen and oxygen atoms in total. The third-order valence-electron chi connectivity index (χ3n) is 2.05. The minimum absolute atomic E-state index is 0.103. The average molecular weight is 224 g/mol. The largest absolute Gasteiger partial charge is 0.301 e. The molecule has 0 aromatic carbocycles. The number of Topliss-reactive ketones (excluding diaryl/α,β-unsaturated/α-hetero) is 1. The Bertz CT molecular complexity index is 464. The van der Waals surface area contributed by atoms with Crippen molar-refractivity contribution in [2.45, 2.75) is 26.3 Å². The molecule has 0 aliphatic rings. The standard InChI is InChI=1S/C10H12N2O4/c1-2-3-9(13)7-11-6-8(12(15)16)4-5-10(11)14/h4-6H,2-3,7H2,1H3. The van der Waals surface area contributed by atoms with Crippen LogP contribution < -0.4 is 5.56 Å². The molecule has 1 aromatic heterocycles. The van der Waals surface area contributed by atoms with E-state index >= 15 is 0 Å². The van der Waals surface area contributed by atoms with Crippen LogP contribution in [0.25, 0.3) is 0 Å². The number of pyridine rings is 1. The maximum absolute atomic E-state index is 11.3. The Morgan fingerprint density at radius 1 is 1.50 bits per heavy atom. The number of hydrogen-bond acceptors (Lipinski definition) is 4. The van der Waals surface area contributed by atoms with Gasteiger partial charge in [0.1, 0.15) is 0 Å². The monoisotopic (exact) mass is 224 g/mol. The second-order valence-electron chi connectivity index (χ2n) is 3.40. The Morgan fingerprint density at radius 3 is 2.75 bits per heavy atom. The highest BCUT2D eigenvalue weighted by Crippen LogP contribution is 2.06. The van der Waals surface area contributed by atoms with Gasteiger partial charge < -0.3 is 4.57 Å². The highest BCUT2D eigenvalue weighted by molar-refractivity contribution is 5.78. The minimum Gasteiger partial charge on any atom is -0.301 e. The van der Waals surface area contributed by atoms with Crippen LogP contribution in [0.4, 0.5) is 5.69 Å². The van der Waals surface area contributed by atoms with Crippen LogP contribution >= 0.6 is 0 Å². The maximum Gasteiger partial charge on any atom is 0.285 e. The molecule has 0 fully saturated rings. The number of carbonyl (C=O) groups excluding carboxylic acids is 1. The Labute approximate surface area is 91.7 Å². The quantitative estimate of drug-likeness (QED) is 0.554. The molecule has 86 valence electrons. The molecule has 1 rings (SSSR count). The van der Waals surface area contributed by atoms with Crippen LogP contribution in [0.5, 0.6) is 0 Å². The molecule has 0 saturated heterocycles. The summed E-state index contributed by atoms with van der Waals surface area (Å²) in [6.45, 7) is 1.75. The van der Waals surface area contributed by atoms with E-state index in [0.717, 1.165) is 22.9 Å². The number of aromatic nitrogens is 1. The zero-order valence-corrected chi connectivity index (χ0v) is 8.88. The molecule has 0 atom stereocenters. The fraction of sp³-hybridized carbons (Fsp3) is 0.400. The highest BCUT2D eigenvalue weighted by Gasteiger charge is 2.09. The third kappa shape index (κ3) is 3.01. The summed E-state index contributed by atoms with van der Waals surface area (Å²) >= 11 is 0. The summed E-state index contributed by atoms with van der Waals surface area (Å²) in [4.78, 5) is 32.5. The molecule has 0 spiro atoms. The summed E-state index contributed by atoms with van der Waals surface area (Å²) < 4.78 is 1.07. The van der Waals surface area contributed by atoms with Gasteiger partial charge in [0.15, 0.2) is 5.78 Å². The van der Waals surface area contributed by atoms with E-state index in [1.54, 1.807) is 0 Å². The topological polar surface area (TPSA) is 82.2 Å². The number of rotatable bonds is 5. The van der Waals surface area contributed by atoms with E-state index in [9.17, 15) is 19.7 Å². The SMILES string of the molecule is CCCC(=O)Cn1cc([N+](=O)[O-])ccc1=O. The molecule has 0 radical (unpaired) electrons. The highest BCUT2D eigenvalue weighted by atomic mass is 16.6. The van der Waals surface area contributed by atoms with Gasteiger partial charge in [-0.1, -0.05) is 6.92 Å². The van der Waals surface area contributed by atoms with Gasteiger partial charge in [-0.3, -0.25) is 19.7 Å². The summed E-state index contributed by atoms with van der Waals surface area (Å²) in [5, 5.41) is 10.5. The van der Waals surface area contributed by atoms with Crippen LogP contribution in [0.15, 0.2) is 23.1 Å². The van der Waals surface area contributed by atoms with Crippen molar-refractivity contribution in [3.05, 3.63) is 38.8 Å². The first-order chi connectivity index (χ1) is 7.54. The Kier molecular flexibility index (Phi) is 3.93. The predicted molar refractivity (Wildman–Crippen MR) is 57.3 cm³/mol. The second-order valence-corrected chi connectivity index (χ2v) is 3.40. The van der Waals surface area contributed by atoms with Crippen LogP contribution in [-0.4, -0.2) is 15.3 Å². The van der Waals surface area contributed by atoms with Crippen LogP contribution in [-0.2, 0) is 11.3 Å². The minimum atomic E-state index is -0.597. The fourth-order valence-corrected chi connectivity index (χ4v) is 1.30. The van der Waals surface area contributed by atoms with Crippen molar-refractivity contribution >= 4 is 11.5 Å². The van der Waals surface area contributed by atoms with Gasteiger partial charge in [-0.05, 0) is 6.42 Å². The fourth-order valence-electron chi connectivity index (χ4n) is 1.30. The average Bonchev–Trinajstić information content (AvgIpc) is 2.21. The van der Waals surface area contributed by atoms with Crippen molar-refractivity contribution in [2.24, 2.45) is 0 Å². The lowest BCUT2D eigenvalue weighted by Crippen LogP contribution is -2.23. The third-order valence-corrected chi connectivity index (χ3v) is 2.05. The van der Waals surface area contributed by atoms with Crippen molar-refractivity contribution in [1.29, 1.82) is 0 Å². The smallest absolute Gasteiger partial charge is 0.285 e. The van der Waals surface area contributed by atoms with E-state index in [1.807, 2.05) is 6.92 Å². The summed E-state index contributed by atoms with van der Waals surface area (Å²) in [7, 11) is 0. The molecule has 0 bridgehead atoms. The predicted octanol–water partition coefficient (Wildman–Crippen LogP) is 1.13. The summed E-state index contributed by atoms with van der Waals surface area (Å²) in [5.74, 6) is -0.106. The molecule has 16 heavy (non-hydrogen) atoms. The van der Waals surface area contributed by atoms with E-state index in [0.29, 0.717) is 12.8 Å². The van der Waals surface area contributed by atoms with E-state index in [1.165, 1.54) is 0 Å². The van der Waals surface area contributed by atoms with Crippen LogP contribution in [0, 0.1) is 10.1 Å². The summed E-state index contributed by atoms with van der Waals surface area (Å²) in [5.41, 5.74) is -0.598. The Hall–Kier alpha value is -1.98. The molecule has 0 amide bonds. The molecular formula is C10H12N2O4. The number of nitro groups is 1. The van der Waals surface area contributed by atoms with E-state index < -0.39 is 10.5 Å². The lowest BCUT2D eigenvalue weighted by molar-refractivity contribution is -0.385. The first kappa shape index (κ1) is 12.1. The molecule has 0 aliphatic heterocycles. The molecule has 0 N–H and O–H groups in total. The number of carbonyl (C=O) groups is 1. The molecule has 1 heterocycles. The van der Waals surface area contributed by atoms with Crippen molar-refractivity contribution in [2.75, 3.05) is 0 Å². The molecule has 0 unspecified atom stereocenters. The first-order valence-electron chi connectivity index (χ1n) is 4.91. The van der Waals surface area contributed by atoms with Gasteiger partial charge in [0.2, 0.25) is 0 Å². The molecule has 1 aromatic rings. The molecular weight excluding hydrogens is 212 g/mol. The van der Waals surface area contributed by atoms with Gasteiger partial charge in [-0.25, -0.2) is 0 Å². The van der Waals surface area contributed by atoms with Crippen LogP contribution in [0.2, 0.25) is 0 Å². The van der Waals surface area contributed by atoms with Gasteiger partial charge in [0, 0.05) is 18.6 Å². The number of ketones is 1.